The van der Waals surface area contributed by atoms with E-state index in [2.05, 4.69) is 10.3 Å². The van der Waals surface area contributed by atoms with Crippen molar-refractivity contribution in [1.29, 1.82) is 0 Å². The number of nitrogens with one attached hydrogen (secondary N) is 1. The minimum Gasteiger partial charge on any atom is -0.321 e. The van der Waals surface area contributed by atoms with Gasteiger partial charge in [-0.05, 0) is 30.3 Å². The molecular formula is C17H13N3O2. The summed E-state index contributed by atoms with van der Waals surface area (Å²) in [7, 11) is 0. The smallest absolute Gasteiger partial charge is 0.257 e. The van der Waals surface area contributed by atoms with Crippen molar-refractivity contribution in [3.8, 4) is 5.69 Å². The summed E-state index contributed by atoms with van der Waals surface area (Å²) in [5.41, 5.74) is 1.58. The van der Waals surface area contributed by atoms with Crippen molar-refractivity contribution in [2.75, 3.05) is 5.32 Å². The van der Waals surface area contributed by atoms with Gasteiger partial charge in [0.05, 0.1) is 11.3 Å². The van der Waals surface area contributed by atoms with Crippen molar-refractivity contribution in [3.05, 3.63) is 89.1 Å². The van der Waals surface area contributed by atoms with Gasteiger partial charge in [0.2, 0.25) is 0 Å². The number of pyridine rings is 2. The third-order valence-corrected chi connectivity index (χ3v) is 3.13. The zero-order chi connectivity index (χ0) is 15.4. The molecule has 3 aromatic rings. The number of para-hydroxylation sites is 1. The second kappa shape index (κ2) is 6.05. The van der Waals surface area contributed by atoms with Crippen LogP contribution in [0.1, 0.15) is 10.4 Å². The average molecular weight is 291 g/mol. The number of benzene rings is 1. The summed E-state index contributed by atoms with van der Waals surface area (Å²) in [6.07, 6.45) is 4.70. The van der Waals surface area contributed by atoms with E-state index in [4.69, 9.17) is 0 Å². The van der Waals surface area contributed by atoms with Crippen LogP contribution >= 0.6 is 0 Å². The number of hydrogen-bond donors (Lipinski definition) is 1. The molecule has 3 rings (SSSR count). The Morgan fingerprint density at radius 2 is 1.82 bits per heavy atom. The lowest BCUT2D eigenvalue weighted by molar-refractivity contribution is 0.102. The molecule has 0 saturated heterocycles. The molecule has 1 N–H and O–H groups in total. The van der Waals surface area contributed by atoms with Crippen LogP contribution in [0.4, 0.5) is 5.69 Å². The third kappa shape index (κ3) is 2.93. The molecule has 0 fully saturated rings. The van der Waals surface area contributed by atoms with Gasteiger partial charge in [-0.1, -0.05) is 18.2 Å². The maximum Gasteiger partial charge on any atom is 0.257 e. The van der Waals surface area contributed by atoms with Crippen LogP contribution in [0.5, 0.6) is 0 Å². The standard InChI is InChI=1S/C17H13N3O2/c21-16-9-8-14(12-20(16)15-6-2-1-3-7-15)19-17(22)13-5-4-10-18-11-13/h1-12H,(H,19,22). The van der Waals surface area contributed by atoms with Crippen molar-refractivity contribution in [2.24, 2.45) is 0 Å². The highest BCUT2D eigenvalue weighted by molar-refractivity contribution is 6.03. The fourth-order valence-corrected chi connectivity index (χ4v) is 2.05. The van der Waals surface area contributed by atoms with E-state index in [0.29, 0.717) is 11.3 Å². The molecule has 0 spiro atoms. The van der Waals surface area contributed by atoms with E-state index >= 15 is 0 Å². The van der Waals surface area contributed by atoms with Crippen LogP contribution in [-0.4, -0.2) is 15.5 Å². The summed E-state index contributed by atoms with van der Waals surface area (Å²) in [6.45, 7) is 0. The molecule has 22 heavy (non-hydrogen) atoms. The number of nitrogens with zero attached hydrogens (tertiary/aromatic N) is 2. The van der Waals surface area contributed by atoms with E-state index in [-0.39, 0.29) is 11.5 Å². The fourth-order valence-electron chi connectivity index (χ4n) is 2.05. The number of hydrogen-bond acceptors (Lipinski definition) is 3. The predicted octanol–water partition coefficient (Wildman–Crippen LogP) is 2.48. The Hall–Kier alpha value is -3.21. The molecule has 2 heterocycles. The monoisotopic (exact) mass is 291 g/mol. The van der Waals surface area contributed by atoms with E-state index in [9.17, 15) is 9.59 Å². The first-order valence-corrected chi connectivity index (χ1v) is 6.73. The highest BCUT2D eigenvalue weighted by Crippen LogP contribution is 2.10. The zero-order valence-electron chi connectivity index (χ0n) is 11.6. The van der Waals surface area contributed by atoms with Gasteiger partial charge in [-0.25, -0.2) is 0 Å². The number of amides is 1. The quantitative estimate of drug-likeness (QED) is 0.806. The van der Waals surface area contributed by atoms with E-state index in [1.54, 1.807) is 30.6 Å². The molecule has 1 amide bonds. The van der Waals surface area contributed by atoms with Crippen molar-refractivity contribution in [3.63, 3.8) is 0 Å². The molecule has 0 aliphatic heterocycles. The third-order valence-electron chi connectivity index (χ3n) is 3.13. The number of rotatable bonds is 3. The predicted molar refractivity (Wildman–Crippen MR) is 84.2 cm³/mol. The van der Waals surface area contributed by atoms with Crippen molar-refractivity contribution >= 4 is 11.6 Å². The molecule has 0 radical (unpaired) electrons. The van der Waals surface area contributed by atoms with Gasteiger partial charge in [0.1, 0.15) is 0 Å². The summed E-state index contributed by atoms with van der Waals surface area (Å²) in [5.74, 6) is -0.272. The summed E-state index contributed by atoms with van der Waals surface area (Å²) in [5, 5.41) is 2.76. The lowest BCUT2D eigenvalue weighted by Gasteiger charge is -2.09. The van der Waals surface area contributed by atoms with Gasteiger partial charge in [-0.3, -0.25) is 19.1 Å². The largest absolute Gasteiger partial charge is 0.321 e. The first-order chi connectivity index (χ1) is 10.7. The Kier molecular flexibility index (Phi) is 3.78. The van der Waals surface area contributed by atoms with Gasteiger partial charge in [0, 0.05) is 30.3 Å². The van der Waals surface area contributed by atoms with Gasteiger partial charge in [-0.2, -0.15) is 0 Å². The van der Waals surface area contributed by atoms with Gasteiger partial charge in [0.15, 0.2) is 0 Å². The lowest BCUT2D eigenvalue weighted by atomic mass is 10.2. The number of anilines is 1. The SMILES string of the molecule is O=C(Nc1ccc(=O)n(-c2ccccc2)c1)c1cccnc1. The molecule has 2 aromatic heterocycles. The Labute approximate surface area is 126 Å². The normalized spacial score (nSPS) is 10.2. The van der Waals surface area contributed by atoms with Gasteiger partial charge >= 0.3 is 0 Å². The van der Waals surface area contributed by atoms with Crippen LogP contribution < -0.4 is 10.9 Å². The topological polar surface area (TPSA) is 64.0 Å². The van der Waals surface area contributed by atoms with Crippen LogP contribution in [-0.2, 0) is 0 Å². The van der Waals surface area contributed by atoms with Crippen LogP contribution in [0, 0.1) is 0 Å². The van der Waals surface area contributed by atoms with E-state index in [0.717, 1.165) is 5.69 Å². The molecule has 0 saturated carbocycles. The number of aromatic nitrogens is 2. The zero-order valence-corrected chi connectivity index (χ0v) is 11.6. The lowest BCUT2D eigenvalue weighted by Crippen LogP contribution is -2.19. The van der Waals surface area contributed by atoms with E-state index in [1.807, 2.05) is 30.3 Å². The summed E-state index contributed by atoms with van der Waals surface area (Å²) in [4.78, 5) is 28.0. The molecule has 0 unspecified atom stereocenters. The van der Waals surface area contributed by atoms with Crippen molar-refractivity contribution < 1.29 is 4.79 Å². The van der Waals surface area contributed by atoms with Gasteiger partial charge < -0.3 is 5.32 Å². The van der Waals surface area contributed by atoms with E-state index < -0.39 is 0 Å². The van der Waals surface area contributed by atoms with Crippen molar-refractivity contribution in [1.82, 2.24) is 9.55 Å². The summed E-state index contributed by atoms with van der Waals surface area (Å²) < 4.78 is 1.48. The minimum atomic E-state index is -0.272. The Morgan fingerprint density at radius 3 is 2.55 bits per heavy atom. The molecule has 0 atom stereocenters. The summed E-state index contributed by atoms with van der Waals surface area (Å²) in [6, 6.07) is 15.6. The molecular weight excluding hydrogens is 278 g/mol. The first-order valence-electron chi connectivity index (χ1n) is 6.73. The van der Waals surface area contributed by atoms with Crippen LogP contribution in [0.3, 0.4) is 0 Å². The second-order valence-corrected chi connectivity index (χ2v) is 4.66. The van der Waals surface area contributed by atoms with Crippen LogP contribution in [0.15, 0.2) is 78.0 Å². The maximum absolute atomic E-state index is 12.1. The van der Waals surface area contributed by atoms with E-state index in [1.165, 1.54) is 16.8 Å². The van der Waals surface area contributed by atoms with Gasteiger partial charge in [0.25, 0.3) is 11.5 Å². The molecule has 0 bridgehead atoms. The molecule has 0 aliphatic carbocycles. The van der Waals surface area contributed by atoms with Crippen LogP contribution in [0.2, 0.25) is 0 Å². The van der Waals surface area contributed by atoms with Crippen molar-refractivity contribution in [2.45, 2.75) is 0 Å². The van der Waals surface area contributed by atoms with Crippen LogP contribution in [0.25, 0.3) is 5.69 Å². The molecule has 5 nitrogen and oxygen atoms in total. The minimum absolute atomic E-state index is 0.162. The molecule has 0 aliphatic rings. The Morgan fingerprint density at radius 1 is 1.00 bits per heavy atom. The Bertz CT molecular complexity index is 843. The summed E-state index contributed by atoms with van der Waals surface area (Å²) >= 11 is 0. The number of carbonyl (C=O) groups excluding carboxylic acids is 1. The van der Waals surface area contributed by atoms with Gasteiger partial charge in [-0.15, -0.1) is 0 Å². The second-order valence-electron chi connectivity index (χ2n) is 4.66. The average Bonchev–Trinajstić information content (AvgIpc) is 2.58. The first kappa shape index (κ1) is 13.8. The molecule has 1 aromatic carbocycles. The number of carbonyl (C=O) groups is 1. The Balaban J connectivity index is 1.90. The highest BCUT2D eigenvalue weighted by Gasteiger charge is 2.07. The highest BCUT2D eigenvalue weighted by atomic mass is 16.1. The fraction of sp³-hybridized carbons (Fsp3) is 0. The maximum atomic E-state index is 12.1. The molecule has 5 heteroatoms. The molecule has 108 valence electrons.